The van der Waals surface area contributed by atoms with Gasteiger partial charge in [0.2, 0.25) is 0 Å². The highest BCUT2D eigenvalue weighted by atomic mass is 16.2. The Bertz CT molecular complexity index is 994. The zero-order chi connectivity index (χ0) is 18.4. The molecule has 0 bridgehead atoms. The molecule has 1 aliphatic heterocycles. The number of fused-ring (bicyclic) bond motifs is 3. The Morgan fingerprint density at radius 2 is 1.85 bits per heavy atom. The zero-order valence-electron chi connectivity index (χ0n) is 15.5. The molecule has 0 atom stereocenters. The van der Waals surface area contributed by atoms with Crippen LogP contribution >= 0.6 is 0 Å². The lowest BCUT2D eigenvalue weighted by Gasteiger charge is -2.39. The summed E-state index contributed by atoms with van der Waals surface area (Å²) < 4.78 is 0. The fourth-order valence-corrected chi connectivity index (χ4v) is 4.98. The van der Waals surface area contributed by atoms with E-state index in [9.17, 15) is 9.59 Å². The van der Waals surface area contributed by atoms with Crippen molar-refractivity contribution in [1.29, 1.82) is 0 Å². The molecule has 1 aromatic heterocycles. The Labute approximate surface area is 158 Å². The molecule has 1 spiro atoms. The third kappa shape index (κ3) is 2.66. The molecule has 3 aliphatic rings. The molecule has 138 valence electrons. The highest BCUT2D eigenvalue weighted by molar-refractivity contribution is 5.94. The van der Waals surface area contributed by atoms with Crippen molar-refractivity contribution in [3.05, 3.63) is 74.7 Å². The highest BCUT2D eigenvalue weighted by Gasteiger charge is 2.39. The molecular formula is C23H24N2O2. The highest BCUT2D eigenvalue weighted by Crippen LogP contribution is 2.43. The zero-order valence-corrected chi connectivity index (χ0v) is 15.5. The number of likely N-dealkylation sites (tertiary alicyclic amines) is 1. The molecule has 1 aromatic carbocycles. The Balaban J connectivity index is 1.37. The van der Waals surface area contributed by atoms with Gasteiger partial charge in [-0.25, -0.2) is 0 Å². The summed E-state index contributed by atoms with van der Waals surface area (Å²) in [6.45, 7) is 1.38. The summed E-state index contributed by atoms with van der Waals surface area (Å²) in [5, 5.41) is 0. The average molecular weight is 360 g/mol. The van der Waals surface area contributed by atoms with Gasteiger partial charge < -0.3 is 9.88 Å². The van der Waals surface area contributed by atoms with Crippen LogP contribution in [0.25, 0.3) is 6.08 Å². The summed E-state index contributed by atoms with van der Waals surface area (Å²) in [5.74, 6) is -0.116. The van der Waals surface area contributed by atoms with Gasteiger partial charge in [-0.3, -0.25) is 9.59 Å². The van der Waals surface area contributed by atoms with Gasteiger partial charge in [-0.2, -0.15) is 0 Å². The molecule has 0 radical (unpaired) electrons. The number of nitrogens with one attached hydrogen (secondary N) is 1. The maximum absolute atomic E-state index is 13.0. The van der Waals surface area contributed by atoms with E-state index >= 15 is 0 Å². The molecule has 5 rings (SSSR count). The van der Waals surface area contributed by atoms with Crippen LogP contribution < -0.4 is 5.56 Å². The van der Waals surface area contributed by atoms with Crippen molar-refractivity contribution in [3.63, 3.8) is 0 Å². The van der Waals surface area contributed by atoms with Crippen LogP contribution in [0.15, 0.2) is 41.2 Å². The number of amides is 1. The first-order valence-electron chi connectivity index (χ1n) is 9.99. The van der Waals surface area contributed by atoms with Gasteiger partial charge in [0.1, 0.15) is 5.56 Å². The number of allylic oxidation sites excluding steroid dienone is 1. The minimum Gasteiger partial charge on any atom is -0.338 e. The summed E-state index contributed by atoms with van der Waals surface area (Å²) in [6, 6.07) is 10.4. The number of carbonyl (C=O) groups excluding carboxylic acids is 1. The van der Waals surface area contributed by atoms with Crippen molar-refractivity contribution in [1.82, 2.24) is 9.88 Å². The fraction of sp³-hybridized carbons (Fsp3) is 0.391. The molecule has 0 unspecified atom stereocenters. The summed E-state index contributed by atoms with van der Waals surface area (Å²) in [5.41, 5.74) is 4.97. The minimum atomic E-state index is -0.230. The van der Waals surface area contributed by atoms with Crippen LogP contribution in [0, 0.1) is 0 Å². The number of hydrogen-bond donors (Lipinski definition) is 1. The van der Waals surface area contributed by atoms with Crippen molar-refractivity contribution >= 4 is 12.0 Å². The number of nitrogens with zero attached hydrogens (tertiary/aromatic N) is 1. The number of rotatable bonds is 1. The van der Waals surface area contributed by atoms with E-state index in [0.717, 1.165) is 49.8 Å². The number of H-pyrrole nitrogens is 1. The Morgan fingerprint density at radius 1 is 1.07 bits per heavy atom. The first kappa shape index (κ1) is 16.5. The summed E-state index contributed by atoms with van der Waals surface area (Å²) >= 11 is 0. The first-order chi connectivity index (χ1) is 13.2. The Hall–Kier alpha value is -2.62. The monoisotopic (exact) mass is 360 g/mol. The quantitative estimate of drug-likeness (QED) is 0.847. The van der Waals surface area contributed by atoms with Crippen LogP contribution in [0.2, 0.25) is 0 Å². The van der Waals surface area contributed by atoms with Gasteiger partial charge in [0.05, 0.1) is 0 Å². The lowest BCUT2D eigenvalue weighted by Crippen LogP contribution is -2.45. The second-order valence-corrected chi connectivity index (χ2v) is 8.09. The molecule has 27 heavy (non-hydrogen) atoms. The topological polar surface area (TPSA) is 53.2 Å². The lowest BCUT2D eigenvalue weighted by atomic mass is 9.74. The predicted molar refractivity (Wildman–Crippen MR) is 106 cm³/mol. The van der Waals surface area contributed by atoms with Crippen molar-refractivity contribution in [3.8, 4) is 0 Å². The molecule has 1 N–H and O–H groups in total. The number of hydrogen-bond acceptors (Lipinski definition) is 2. The van der Waals surface area contributed by atoms with Crippen LogP contribution in [-0.2, 0) is 18.3 Å². The molecule has 1 amide bonds. The molecule has 4 heteroatoms. The largest absolute Gasteiger partial charge is 0.338 e. The third-order valence-electron chi connectivity index (χ3n) is 6.59. The van der Waals surface area contributed by atoms with E-state index in [1.54, 1.807) is 0 Å². The summed E-state index contributed by atoms with van der Waals surface area (Å²) in [7, 11) is 0. The van der Waals surface area contributed by atoms with Gasteiger partial charge in [0, 0.05) is 24.2 Å². The van der Waals surface area contributed by atoms with E-state index in [2.05, 4.69) is 41.4 Å². The number of pyridine rings is 1. The number of aromatic nitrogens is 1. The van der Waals surface area contributed by atoms with Gasteiger partial charge in [-0.05, 0) is 61.3 Å². The number of carbonyl (C=O) groups is 1. The maximum Gasteiger partial charge on any atom is 0.261 e. The van der Waals surface area contributed by atoms with Gasteiger partial charge in [0.25, 0.3) is 11.5 Å². The van der Waals surface area contributed by atoms with Crippen molar-refractivity contribution in [2.75, 3.05) is 13.1 Å². The lowest BCUT2D eigenvalue weighted by molar-refractivity contribution is 0.0688. The Morgan fingerprint density at radius 3 is 2.70 bits per heavy atom. The molecule has 1 saturated heterocycles. The van der Waals surface area contributed by atoms with Crippen LogP contribution in [0.5, 0.6) is 0 Å². The second-order valence-electron chi connectivity index (χ2n) is 8.09. The molecular weight excluding hydrogens is 336 g/mol. The van der Waals surface area contributed by atoms with Crippen molar-refractivity contribution in [2.45, 2.75) is 43.9 Å². The number of aryl methyl sites for hydroxylation is 2. The number of benzene rings is 1. The van der Waals surface area contributed by atoms with Gasteiger partial charge >= 0.3 is 0 Å². The summed E-state index contributed by atoms with van der Waals surface area (Å²) in [4.78, 5) is 30.3. The van der Waals surface area contributed by atoms with Crippen molar-refractivity contribution in [2.24, 2.45) is 0 Å². The second kappa shape index (κ2) is 6.22. The predicted octanol–water partition coefficient (Wildman–Crippen LogP) is 3.45. The van der Waals surface area contributed by atoms with E-state index in [0.29, 0.717) is 18.7 Å². The fourth-order valence-electron chi connectivity index (χ4n) is 4.98. The van der Waals surface area contributed by atoms with Crippen LogP contribution in [-0.4, -0.2) is 28.9 Å². The average Bonchev–Trinajstić information content (AvgIpc) is 3.06. The third-order valence-corrected chi connectivity index (χ3v) is 6.59. The van der Waals surface area contributed by atoms with Gasteiger partial charge in [0.15, 0.2) is 0 Å². The standard InChI is InChI=1S/C23H24N2O2/c26-21-18(15-17-6-2-4-8-20(17)24-21)22(27)25-13-11-23(12-14-25)10-9-16-5-1-3-7-19(16)23/h1,3,5,7,9-10,15H,2,4,6,8,11-14H2,(H,24,26). The van der Waals surface area contributed by atoms with Gasteiger partial charge in [-0.15, -0.1) is 0 Å². The van der Waals surface area contributed by atoms with E-state index in [1.165, 1.54) is 11.1 Å². The van der Waals surface area contributed by atoms with Crippen molar-refractivity contribution < 1.29 is 4.79 Å². The number of aromatic amines is 1. The van der Waals surface area contributed by atoms with Crippen LogP contribution in [0.4, 0.5) is 0 Å². The molecule has 2 aliphatic carbocycles. The SMILES string of the molecule is O=C(c1cc2c([nH]c1=O)CCCC2)N1CCC2(C=Cc3ccccc32)CC1. The minimum absolute atomic E-state index is 0.0512. The smallest absolute Gasteiger partial charge is 0.261 e. The maximum atomic E-state index is 13.0. The molecule has 0 saturated carbocycles. The molecule has 1 fully saturated rings. The Kier molecular flexibility index (Phi) is 3.81. The van der Waals surface area contributed by atoms with Crippen LogP contribution in [0.3, 0.4) is 0 Å². The van der Waals surface area contributed by atoms with Crippen LogP contribution in [0.1, 0.15) is 58.4 Å². The van der Waals surface area contributed by atoms with E-state index < -0.39 is 0 Å². The molecule has 2 heterocycles. The summed E-state index contributed by atoms with van der Waals surface area (Å²) in [6.07, 6.45) is 10.5. The molecule has 2 aromatic rings. The normalized spacial score (nSPS) is 19.8. The first-order valence-corrected chi connectivity index (χ1v) is 9.99. The van der Waals surface area contributed by atoms with E-state index in [1.807, 2.05) is 11.0 Å². The molecule has 4 nitrogen and oxygen atoms in total. The number of piperidine rings is 1. The van der Waals surface area contributed by atoms with E-state index in [4.69, 9.17) is 0 Å². The van der Waals surface area contributed by atoms with E-state index in [-0.39, 0.29) is 16.9 Å². The van der Waals surface area contributed by atoms with Gasteiger partial charge in [-0.1, -0.05) is 36.4 Å².